The summed E-state index contributed by atoms with van der Waals surface area (Å²) in [6.07, 6.45) is 3.61. The summed E-state index contributed by atoms with van der Waals surface area (Å²) in [5, 5.41) is 9.93. The number of fused-ring (bicyclic) bond motifs is 1. The van der Waals surface area contributed by atoms with E-state index in [0.29, 0.717) is 0 Å². The second kappa shape index (κ2) is 4.01. The molecule has 0 saturated heterocycles. The van der Waals surface area contributed by atoms with Crippen LogP contribution in [0.3, 0.4) is 0 Å². The summed E-state index contributed by atoms with van der Waals surface area (Å²) in [6.45, 7) is 13.2. The van der Waals surface area contributed by atoms with Gasteiger partial charge in [0, 0.05) is 17.0 Å². The molecule has 96 valence electrons. The third kappa shape index (κ3) is 2.22. The summed E-state index contributed by atoms with van der Waals surface area (Å²) in [7, 11) is 0. The van der Waals surface area contributed by atoms with Crippen LogP contribution in [0.2, 0.25) is 0 Å². The summed E-state index contributed by atoms with van der Waals surface area (Å²) < 4.78 is 0. The maximum absolute atomic E-state index is 4.45. The third-order valence-corrected chi connectivity index (χ3v) is 3.02. The van der Waals surface area contributed by atoms with Gasteiger partial charge in [0.05, 0.1) is 11.9 Å². The van der Waals surface area contributed by atoms with E-state index in [9.17, 15) is 0 Å². The minimum Gasteiger partial charge on any atom is -0.262 e. The molecule has 3 nitrogen and oxygen atoms in total. The average molecular weight is 243 g/mol. The van der Waals surface area contributed by atoms with Crippen LogP contribution < -0.4 is 0 Å². The van der Waals surface area contributed by atoms with E-state index >= 15 is 0 Å². The number of hydrogen-bond acceptors (Lipinski definition) is 3. The van der Waals surface area contributed by atoms with Crippen molar-refractivity contribution < 1.29 is 0 Å². The molecule has 0 aliphatic carbocycles. The minimum absolute atomic E-state index is 0.00687. The Bertz CT molecular complexity index is 574. The number of rotatable bonds is 0. The Hall–Kier alpha value is -1.51. The maximum atomic E-state index is 4.45. The van der Waals surface area contributed by atoms with Gasteiger partial charge in [0.2, 0.25) is 0 Å². The van der Waals surface area contributed by atoms with Crippen molar-refractivity contribution in [2.75, 3.05) is 0 Å². The Balaban J connectivity index is 2.89. The first-order valence-electron chi connectivity index (χ1n) is 6.32. The molecule has 0 spiro atoms. The van der Waals surface area contributed by atoms with Crippen LogP contribution in [0.5, 0.6) is 0 Å². The highest BCUT2D eigenvalue weighted by atomic mass is 15.1. The fourth-order valence-electron chi connectivity index (χ4n) is 2.24. The van der Waals surface area contributed by atoms with Crippen LogP contribution in [0, 0.1) is 0 Å². The SMILES string of the molecule is CC(C)(C)c1nnc2cnccc2c1C(C)(C)C. The van der Waals surface area contributed by atoms with E-state index in [4.69, 9.17) is 0 Å². The van der Waals surface area contributed by atoms with Crippen molar-refractivity contribution in [3.63, 3.8) is 0 Å². The van der Waals surface area contributed by atoms with Crippen LogP contribution in [0.25, 0.3) is 10.9 Å². The number of hydrogen-bond donors (Lipinski definition) is 0. The Morgan fingerprint density at radius 2 is 1.56 bits per heavy atom. The van der Waals surface area contributed by atoms with Crippen molar-refractivity contribution in [1.29, 1.82) is 0 Å². The molecule has 0 aromatic carbocycles. The summed E-state index contributed by atoms with van der Waals surface area (Å²) in [5.41, 5.74) is 3.26. The molecular formula is C15H21N3. The second-order valence-corrected chi connectivity index (χ2v) is 6.82. The minimum atomic E-state index is -0.00687. The molecule has 0 radical (unpaired) electrons. The van der Waals surface area contributed by atoms with Crippen molar-refractivity contribution >= 4 is 10.9 Å². The highest BCUT2D eigenvalue weighted by molar-refractivity contribution is 5.82. The molecule has 2 aromatic rings. The Morgan fingerprint density at radius 1 is 0.889 bits per heavy atom. The van der Waals surface area contributed by atoms with Crippen LogP contribution in [0.1, 0.15) is 52.8 Å². The first-order chi connectivity index (χ1) is 8.21. The standard InChI is InChI=1S/C15H21N3/c1-14(2,3)12-10-7-8-16-9-11(10)17-18-13(12)15(4,5)6/h7-9H,1-6H3. The van der Waals surface area contributed by atoms with Gasteiger partial charge in [-0.15, -0.1) is 5.10 Å². The normalized spacial score (nSPS) is 13.0. The van der Waals surface area contributed by atoms with Gasteiger partial charge in [0.25, 0.3) is 0 Å². The van der Waals surface area contributed by atoms with Crippen molar-refractivity contribution in [2.45, 2.75) is 52.4 Å². The molecule has 2 rings (SSSR count). The first-order valence-corrected chi connectivity index (χ1v) is 6.32. The summed E-state index contributed by atoms with van der Waals surface area (Å²) in [4.78, 5) is 4.13. The van der Waals surface area contributed by atoms with E-state index in [0.717, 1.165) is 16.6 Å². The van der Waals surface area contributed by atoms with Crippen LogP contribution in [-0.2, 0) is 10.8 Å². The largest absolute Gasteiger partial charge is 0.262 e. The summed E-state index contributed by atoms with van der Waals surface area (Å²) in [5.74, 6) is 0. The molecule has 0 fully saturated rings. The Labute approximate surface area is 109 Å². The topological polar surface area (TPSA) is 38.7 Å². The van der Waals surface area contributed by atoms with Crippen molar-refractivity contribution in [2.24, 2.45) is 0 Å². The van der Waals surface area contributed by atoms with E-state index in [1.807, 2.05) is 12.3 Å². The molecule has 0 unspecified atom stereocenters. The highest BCUT2D eigenvalue weighted by Gasteiger charge is 2.29. The number of aromatic nitrogens is 3. The van der Waals surface area contributed by atoms with Crippen molar-refractivity contribution in [1.82, 2.24) is 15.2 Å². The lowest BCUT2D eigenvalue weighted by atomic mass is 9.77. The van der Waals surface area contributed by atoms with Crippen LogP contribution in [0.4, 0.5) is 0 Å². The van der Waals surface area contributed by atoms with Gasteiger partial charge in [-0.3, -0.25) is 4.98 Å². The molecule has 0 atom stereocenters. The maximum Gasteiger partial charge on any atom is 0.112 e. The molecule has 0 amide bonds. The molecule has 3 heteroatoms. The fraction of sp³-hybridized carbons (Fsp3) is 0.533. The number of nitrogens with zero attached hydrogens (tertiary/aromatic N) is 3. The van der Waals surface area contributed by atoms with E-state index in [1.165, 1.54) is 5.56 Å². The van der Waals surface area contributed by atoms with Gasteiger partial charge >= 0.3 is 0 Å². The molecule has 18 heavy (non-hydrogen) atoms. The molecular weight excluding hydrogens is 222 g/mol. The fourth-order valence-corrected chi connectivity index (χ4v) is 2.24. The first kappa shape index (κ1) is 12.9. The molecule has 0 saturated carbocycles. The predicted molar refractivity (Wildman–Crippen MR) is 74.7 cm³/mol. The van der Waals surface area contributed by atoms with Gasteiger partial charge < -0.3 is 0 Å². The van der Waals surface area contributed by atoms with Gasteiger partial charge in [-0.1, -0.05) is 41.5 Å². The third-order valence-electron chi connectivity index (χ3n) is 3.02. The second-order valence-electron chi connectivity index (χ2n) is 6.82. The zero-order chi connectivity index (χ0) is 13.6. The zero-order valence-corrected chi connectivity index (χ0v) is 12.1. The van der Waals surface area contributed by atoms with Gasteiger partial charge in [0.1, 0.15) is 5.52 Å². The van der Waals surface area contributed by atoms with Gasteiger partial charge in [0.15, 0.2) is 0 Å². The van der Waals surface area contributed by atoms with E-state index in [2.05, 4.69) is 56.7 Å². The highest BCUT2D eigenvalue weighted by Crippen LogP contribution is 2.36. The zero-order valence-electron chi connectivity index (χ0n) is 12.1. The lowest BCUT2D eigenvalue weighted by Crippen LogP contribution is -2.24. The molecule has 2 heterocycles. The number of pyridine rings is 1. The lowest BCUT2D eigenvalue weighted by molar-refractivity contribution is 0.511. The average Bonchev–Trinajstić information content (AvgIpc) is 2.24. The molecule has 0 N–H and O–H groups in total. The van der Waals surface area contributed by atoms with Gasteiger partial charge in [-0.05, 0) is 17.0 Å². The molecule has 2 aromatic heterocycles. The van der Waals surface area contributed by atoms with Crippen molar-refractivity contribution in [3.8, 4) is 0 Å². The van der Waals surface area contributed by atoms with Crippen LogP contribution in [-0.4, -0.2) is 15.2 Å². The summed E-state index contributed by atoms with van der Waals surface area (Å²) >= 11 is 0. The van der Waals surface area contributed by atoms with Gasteiger partial charge in [-0.25, -0.2) is 0 Å². The van der Waals surface area contributed by atoms with Crippen molar-refractivity contribution in [3.05, 3.63) is 29.7 Å². The molecule has 0 bridgehead atoms. The quantitative estimate of drug-likeness (QED) is 0.709. The van der Waals surface area contributed by atoms with E-state index < -0.39 is 0 Å². The van der Waals surface area contributed by atoms with Crippen LogP contribution >= 0.6 is 0 Å². The van der Waals surface area contributed by atoms with E-state index in [1.54, 1.807) is 6.20 Å². The summed E-state index contributed by atoms with van der Waals surface area (Å²) in [6, 6.07) is 2.04. The molecule has 0 aliphatic rings. The Morgan fingerprint density at radius 3 is 2.11 bits per heavy atom. The van der Waals surface area contributed by atoms with E-state index in [-0.39, 0.29) is 10.8 Å². The van der Waals surface area contributed by atoms with Crippen LogP contribution in [0.15, 0.2) is 18.5 Å². The lowest BCUT2D eigenvalue weighted by Gasteiger charge is -2.29. The molecule has 0 aliphatic heterocycles. The Kier molecular flexibility index (Phi) is 2.88. The smallest absolute Gasteiger partial charge is 0.112 e. The van der Waals surface area contributed by atoms with Gasteiger partial charge in [-0.2, -0.15) is 5.10 Å². The predicted octanol–water partition coefficient (Wildman–Crippen LogP) is 3.62. The monoisotopic (exact) mass is 243 g/mol.